The molecule has 2 unspecified atom stereocenters. The maximum atomic E-state index is 12.7. The Bertz CT molecular complexity index is 1060. The molecule has 1 fully saturated rings. The van der Waals surface area contributed by atoms with E-state index in [2.05, 4.69) is 25.6 Å². The lowest BCUT2D eigenvalue weighted by Crippen LogP contribution is -2.24. The highest BCUT2D eigenvalue weighted by Crippen LogP contribution is 2.38. The van der Waals surface area contributed by atoms with Crippen LogP contribution in [0.5, 0.6) is 0 Å². The fraction of sp³-hybridized carbons (Fsp3) is 0.500. The number of nitrogens with one attached hydrogen (secondary N) is 2. The molecule has 12 heteroatoms. The number of aromatic nitrogens is 3. The van der Waals surface area contributed by atoms with Gasteiger partial charge in [-0.2, -0.15) is 18.2 Å². The molecule has 0 radical (unpaired) electrons. The molecule has 1 aliphatic rings. The quantitative estimate of drug-likeness (QED) is 0.349. The minimum absolute atomic E-state index is 0.134. The van der Waals surface area contributed by atoms with Crippen LogP contribution >= 0.6 is 11.3 Å². The van der Waals surface area contributed by atoms with Crippen molar-refractivity contribution in [2.24, 2.45) is 5.92 Å². The number of alkyl halides is 3. The van der Waals surface area contributed by atoms with E-state index in [0.717, 1.165) is 10.2 Å². The van der Waals surface area contributed by atoms with Crippen LogP contribution in [0.1, 0.15) is 25.5 Å². The molecule has 8 nitrogen and oxygen atoms in total. The average molecular weight is 500 g/mol. The third-order valence-electron chi connectivity index (χ3n) is 5.28. The highest BCUT2D eigenvalue weighted by molar-refractivity contribution is 7.21. The first-order valence-electron chi connectivity index (χ1n) is 10.9. The first kappa shape index (κ1) is 26.1. The van der Waals surface area contributed by atoms with Gasteiger partial charge in [0.05, 0.1) is 27.6 Å². The summed E-state index contributed by atoms with van der Waals surface area (Å²) < 4.78 is 39.0. The number of aliphatic hydroxyl groups is 3. The molecule has 34 heavy (non-hydrogen) atoms. The standard InChI is InChI=1S/C20H22F3N5O2S.C2H6O/c1-10-16(18-27-13-4-2-3-5-15(13)31-18)17(26-12-6-11(8-29)14(30)7-12)28-19(25-10)24-9-20(21,22)23;1-2-3/h2-5,11-12,14,29-30H,6-9H2,1H3,(H2,24,25,26,28);3H,2H2,1H3/t11?,12?,14-;/m0./s1. The molecule has 1 aliphatic carbocycles. The zero-order valence-electron chi connectivity index (χ0n) is 18.8. The number of benzene rings is 1. The number of aryl methyl sites for hydroxylation is 1. The normalized spacial score (nSPS) is 20.2. The van der Waals surface area contributed by atoms with E-state index in [4.69, 9.17) is 5.11 Å². The summed E-state index contributed by atoms with van der Waals surface area (Å²) in [6.07, 6.45) is -4.14. The number of hydrogen-bond acceptors (Lipinski definition) is 9. The summed E-state index contributed by atoms with van der Waals surface area (Å²) in [5.74, 6) is -0.0411. The lowest BCUT2D eigenvalue weighted by molar-refractivity contribution is -0.115. The third-order valence-corrected chi connectivity index (χ3v) is 6.33. The second-order valence-electron chi connectivity index (χ2n) is 7.95. The van der Waals surface area contributed by atoms with Crippen molar-refractivity contribution in [1.82, 2.24) is 15.0 Å². The molecule has 0 amide bonds. The molecule has 0 saturated heterocycles. The van der Waals surface area contributed by atoms with E-state index in [1.54, 1.807) is 13.8 Å². The molecular weight excluding hydrogens is 471 g/mol. The molecule has 3 atom stereocenters. The Morgan fingerprint density at radius 3 is 2.44 bits per heavy atom. The Morgan fingerprint density at radius 1 is 1.12 bits per heavy atom. The summed E-state index contributed by atoms with van der Waals surface area (Å²) in [4.78, 5) is 13.2. The maximum Gasteiger partial charge on any atom is 0.405 e. The predicted octanol–water partition coefficient (Wildman–Crippen LogP) is 3.58. The average Bonchev–Trinajstić information content (AvgIpc) is 3.34. The van der Waals surface area contributed by atoms with Gasteiger partial charge in [-0.05, 0) is 38.8 Å². The predicted molar refractivity (Wildman–Crippen MR) is 126 cm³/mol. The van der Waals surface area contributed by atoms with Crippen LogP contribution < -0.4 is 10.6 Å². The Balaban J connectivity index is 0.00000103. The van der Waals surface area contributed by atoms with Gasteiger partial charge in [-0.1, -0.05) is 12.1 Å². The SMILES string of the molecule is CCO.Cc1nc(NCC(F)(F)F)nc(NC2CC(CO)[C@@H](O)C2)c1-c1nc2ccccc2s1. The van der Waals surface area contributed by atoms with Gasteiger partial charge < -0.3 is 26.0 Å². The van der Waals surface area contributed by atoms with E-state index in [1.165, 1.54) is 11.3 Å². The number of aliphatic hydroxyl groups excluding tert-OH is 3. The summed E-state index contributed by atoms with van der Waals surface area (Å²) in [5, 5.41) is 33.3. The van der Waals surface area contributed by atoms with Crippen molar-refractivity contribution in [1.29, 1.82) is 0 Å². The largest absolute Gasteiger partial charge is 0.405 e. The van der Waals surface area contributed by atoms with Crippen LogP contribution in [0.15, 0.2) is 24.3 Å². The number of rotatable bonds is 6. The van der Waals surface area contributed by atoms with Crippen LogP contribution in [0, 0.1) is 12.8 Å². The van der Waals surface area contributed by atoms with E-state index in [9.17, 15) is 23.4 Å². The van der Waals surface area contributed by atoms with E-state index in [1.807, 2.05) is 24.3 Å². The molecule has 2 heterocycles. The van der Waals surface area contributed by atoms with E-state index in [0.29, 0.717) is 34.9 Å². The number of anilines is 2. The van der Waals surface area contributed by atoms with Crippen molar-refractivity contribution in [3.8, 4) is 10.6 Å². The molecule has 5 N–H and O–H groups in total. The second kappa shape index (κ2) is 11.3. The first-order chi connectivity index (χ1) is 16.1. The fourth-order valence-corrected chi connectivity index (χ4v) is 4.84. The lowest BCUT2D eigenvalue weighted by Gasteiger charge is -2.18. The van der Waals surface area contributed by atoms with E-state index >= 15 is 0 Å². The Labute approximate surface area is 198 Å². The highest BCUT2D eigenvalue weighted by Gasteiger charge is 2.34. The molecule has 1 aromatic carbocycles. The maximum absolute atomic E-state index is 12.7. The summed E-state index contributed by atoms with van der Waals surface area (Å²) in [7, 11) is 0. The van der Waals surface area contributed by atoms with Gasteiger partial charge in [0.1, 0.15) is 17.4 Å². The minimum Gasteiger partial charge on any atom is -0.397 e. The van der Waals surface area contributed by atoms with Crippen LogP contribution in [-0.4, -0.2) is 68.4 Å². The Hall–Kier alpha value is -2.54. The molecule has 186 valence electrons. The zero-order valence-corrected chi connectivity index (χ0v) is 19.6. The van der Waals surface area contributed by atoms with Gasteiger partial charge in [0.2, 0.25) is 5.95 Å². The van der Waals surface area contributed by atoms with Gasteiger partial charge in [0.25, 0.3) is 0 Å². The molecule has 2 aromatic heterocycles. The summed E-state index contributed by atoms with van der Waals surface area (Å²) in [6.45, 7) is 2.25. The smallest absolute Gasteiger partial charge is 0.397 e. The van der Waals surface area contributed by atoms with Gasteiger partial charge in [0.15, 0.2) is 0 Å². The Kier molecular flexibility index (Phi) is 8.63. The third kappa shape index (κ3) is 6.53. The summed E-state index contributed by atoms with van der Waals surface area (Å²) in [6, 6.07) is 7.43. The van der Waals surface area contributed by atoms with E-state index in [-0.39, 0.29) is 31.1 Å². The topological polar surface area (TPSA) is 123 Å². The van der Waals surface area contributed by atoms with Crippen molar-refractivity contribution in [3.05, 3.63) is 30.0 Å². The van der Waals surface area contributed by atoms with Gasteiger partial charge >= 0.3 is 6.18 Å². The molecule has 0 spiro atoms. The molecule has 4 rings (SSSR count). The molecule has 3 aromatic rings. The number of halogens is 3. The van der Waals surface area contributed by atoms with Crippen molar-refractivity contribution in [2.45, 2.75) is 45.0 Å². The number of hydrogen-bond donors (Lipinski definition) is 5. The lowest BCUT2D eigenvalue weighted by atomic mass is 10.1. The van der Waals surface area contributed by atoms with E-state index < -0.39 is 18.8 Å². The van der Waals surface area contributed by atoms with Crippen LogP contribution in [0.3, 0.4) is 0 Å². The Morgan fingerprint density at radius 2 is 1.82 bits per heavy atom. The zero-order chi connectivity index (χ0) is 24.9. The number of thiazole rings is 1. The summed E-state index contributed by atoms with van der Waals surface area (Å²) >= 11 is 1.44. The van der Waals surface area contributed by atoms with Crippen LogP contribution in [0.25, 0.3) is 20.8 Å². The first-order valence-corrected chi connectivity index (χ1v) is 11.7. The molecule has 0 aliphatic heterocycles. The summed E-state index contributed by atoms with van der Waals surface area (Å²) in [5.41, 5.74) is 1.91. The van der Waals surface area contributed by atoms with Crippen molar-refractivity contribution in [2.75, 3.05) is 30.4 Å². The number of para-hydroxylation sites is 1. The van der Waals surface area contributed by atoms with Crippen molar-refractivity contribution in [3.63, 3.8) is 0 Å². The minimum atomic E-state index is -4.40. The van der Waals surface area contributed by atoms with Crippen molar-refractivity contribution < 1.29 is 28.5 Å². The molecular formula is C22H28F3N5O3S. The highest BCUT2D eigenvalue weighted by atomic mass is 32.1. The van der Waals surface area contributed by atoms with Gasteiger partial charge in [-0.25, -0.2) is 9.97 Å². The second-order valence-corrected chi connectivity index (χ2v) is 8.98. The van der Waals surface area contributed by atoms with Crippen LogP contribution in [-0.2, 0) is 0 Å². The van der Waals surface area contributed by atoms with Gasteiger partial charge in [-0.15, -0.1) is 11.3 Å². The van der Waals surface area contributed by atoms with Crippen LogP contribution in [0.2, 0.25) is 0 Å². The number of fused-ring (bicyclic) bond motifs is 1. The van der Waals surface area contributed by atoms with Gasteiger partial charge in [0, 0.05) is 25.2 Å². The van der Waals surface area contributed by atoms with Crippen LogP contribution in [0.4, 0.5) is 24.9 Å². The number of nitrogens with zero attached hydrogens (tertiary/aromatic N) is 3. The molecule has 1 saturated carbocycles. The fourth-order valence-electron chi connectivity index (χ4n) is 3.78. The van der Waals surface area contributed by atoms with Gasteiger partial charge in [-0.3, -0.25) is 0 Å². The van der Waals surface area contributed by atoms with Crippen molar-refractivity contribution >= 4 is 33.3 Å². The molecule has 0 bridgehead atoms. The monoisotopic (exact) mass is 499 g/mol.